The summed E-state index contributed by atoms with van der Waals surface area (Å²) in [4.78, 5) is 2.41. The van der Waals surface area contributed by atoms with Crippen molar-refractivity contribution in [1.82, 2.24) is 4.90 Å². The molecule has 0 amide bonds. The molecular formula is C14H23BrN2. The van der Waals surface area contributed by atoms with Gasteiger partial charge in [-0.1, -0.05) is 25.5 Å². The minimum Gasteiger partial charge on any atom is -0.383 e. The molecule has 0 radical (unpaired) electrons. The zero-order valence-corrected chi connectivity index (χ0v) is 12.6. The summed E-state index contributed by atoms with van der Waals surface area (Å²) in [5, 5.41) is 3.45. The lowest BCUT2D eigenvalue weighted by Gasteiger charge is -2.24. The maximum Gasteiger partial charge on any atom is 0.0485 e. The fourth-order valence-electron chi connectivity index (χ4n) is 1.83. The number of benzene rings is 1. The predicted octanol–water partition coefficient (Wildman–Crippen LogP) is 3.98. The van der Waals surface area contributed by atoms with Gasteiger partial charge in [0, 0.05) is 29.3 Å². The van der Waals surface area contributed by atoms with Crippen molar-refractivity contribution >= 4 is 21.6 Å². The molecule has 0 aliphatic carbocycles. The van der Waals surface area contributed by atoms with Gasteiger partial charge in [-0.3, -0.25) is 0 Å². The lowest BCUT2D eigenvalue weighted by atomic mass is 10.2. The van der Waals surface area contributed by atoms with E-state index in [1.165, 1.54) is 18.5 Å². The monoisotopic (exact) mass is 298 g/mol. The summed E-state index contributed by atoms with van der Waals surface area (Å²) in [7, 11) is 2.20. The molecule has 0 heterocycles. The predicted molar refractivity (Wildman–Crippen MR) is 79.6 cm³/mol. The van der Waals surface area contributed by atoms with Crippen LogP contribution in [-0.2, 0) is 0 Å². The smallest absolute Gasteiger partial charge is 0.0485 e. The van der Waals surface area contributed by atoms with Crippen molar-refractivity contribution < 1.29 is 0 Å². The first-order valence-electron chi connectivity index (χ1n) is 6.33. The lowest BCUT2D eigenvalue weighted by molar-refractivity contribution is 0.254. The van der Waals surface area contributed by atoms with Crippen LogP contribution >= 0.6 is 15.9 Å². The SMILES string of the molecule is CCCC(C)N(C)CCNc1ccccc1Br. The van der Waals surface area contributed by atoms with Crippen molar-refractivity contribution in [3.8, 4) is 0 Å². The van der Waals surface area contributed by atoms with Crippen molar-refractivity contribution in [2.75, 3.05) is 25.5 Å². The van der Waals surface area contributed by atoms with Gasteiger partial charge < -0.3 is 10.2 Å². The van der Waals surface area contributed by atoms with E-state index in [0.717, 1.165) is 17.6 Å². The quantitative estimate of drug-likeness (QED) is 0.819. The topological polar surface area (TPSA) is 15.3 Å². The molecule has 1 N–H and O–H groups in total. The third-order valence-electron chi connectivity index (χ3n) is 3.11. The molecule has 3 heteroatoms. The molecule has 1 aromatic carbocycles. The van der Waals surface area contributed by atoms with Gasteiger partial charge in [0.15, 0.2) is 0 Å². The Kier molecular flexibility index (Phi) is 6.60. The maximum atomic E-state index is 3.54. The average molecular weight is 299 g/mol. The third kappa shape index (κ3) is 5.09. The fourth-order valence-corrected chi connectivity index (χ4v) is 2.26. The first-order valence-corrected chi connectivity index (χ1v) is 7.13. The Morgan fingerprint density at radius 1 is 1.35 bits per heavy atom. The number of likely N-dealkylation sites (N-methyl/N-ethyl adjacent to an activating group) is 1. The van der Waals surface area contributed by atoms with E-state index in [0.29, 0.717) is 6.04 Å². The molecule has 0 saturated carbocycles. The number of rotatable bonds is 7. The zero-order valence-electron chi connectivity index (χ0n) is 11.0. The Bertz CT molecular complexity index is 328. The van der Waals surface area contributed by atoms with Crippen molar-refractivity contribution in [2.24, 2.45) is 0 Å². The first-order chi connectivity index (χ1) is 8.15. The normalized spacial score (nSPS) is 12.8. The second kappa shape index (κ2) is 7.72. The van der Waals surface area contributed by atoms with Crippen LogP contribution in [0.4, 0.5) is 5.69 Å². The molecule has 0 bridgehead atoms. The molecule has 0 aliphatic rings. The highest BCUT2D eigenvalue weighted by molar-refractivity contribution is 9.10. The van der Waals surface area contributed by atoms with E-state index in [-0.39, 0.29) is 0 Å². The molecule has 96 valence electrons. The van der Waals surface area contributed by atoms with Crippen LogP contribution in [0.1, 0.15) is 26.7 Å². The number of halogens is 1. The van der Waals surface area contributed by atoms with Crippen molar-refractivity contribution in [3.63, 3.8) is 0 Å². The molecule has 0 aromatic heterocycles. The summed E-state index contributed by atoms with van der Waals surface area (Å²) in [6, 6.07) is 8.91. The van der Waals surface area contributed by atoms with Crippen molar-refractivity contribution in [3.05, 3.63) is 28.7 Å². The van der Waals surface area contributed by atoms with Crippen LogP contribution in [0.25, 0.3) is 0 Å². The summed E-state index contributed by atoms with van der Waals surface area (Å²) >= 11 is 3.54. The molecular weight excluding hydrogens is 276 g/mol. The van der Waals surface area contributed by atoms with E-state index in [1.54, 1.807) is 0 Å². The van der Waals surface area contributed by atoms with E-state index < -0.39 is 0 Å². The standard InChI is InChI=1S/C14H23BrN2/c1-4-7-12(2)17(3)11-10-16-14-9-6-5-8-13(14)15/h5-6,8-9,12,16H,4,7,10-11H2,1-3H3. The Morgan fingerprint density at radius 3 is 2.71 bits per heavy atom. The second-order valence-corrected chi connectivity index (χ2v) is 5.38. The number of nitrogens with zero attached hydrogens (tertiary/aromatic N) is 1. The number of hydrogen-bond donors (Lipinski definition) is 1. The number of hydrogen-bond acceptors (Lipinski definition) is 2. The van der Waals surface area contributed by atoms with Crippen LogP contribution in [0, 0.1) is 0 Å². The van der Waals surface area contributed by atoms with Gasteiger partial charge in [-0.25, -0.2) is 0 Å². The van der Waals surface area contributed by atoms with E-state index in [1.807, 2.05) is 6.07 Å². The van der Waals surface area contributed by atoms with Gasteiger partial charge >= 0.3 is 0 Å². The van der Waals surface area contributed by atoms with Crippen LogP contribution < -0.4 is 5.32 Å². The first kappa shape index (κ1) is 14.5. The summed E-state index contributed by atoms with van der Waals surface area (Å²) in [5.41, 5.74) is 1.17. The molecule has 0 aliphatic heterocycles. The molecule has 17 heavy (non-hydrogen) atoms. The van der Waals surface area contributed by atoms with Crippen LogP contribution in [0.15, 0.2) is 28.7 Å². The maximum absolute atomic E-state index is 3.54. The molecule has 1 aromatic rings. The molecule has 1 rings (SSSR count). The summed E-state index contributed by atoms with van der Waals surface area (Å²) in [5.74, 6) is 0. The molecule has 1 atom stereocenters. The van der Waals surface area contributed by atoms with E-state index >= 15 is 0 Å². The Labute approximate surface area is 114 Å². The van der Waals surface area contributed by atoms with E-state index in [9.17, 15) is 0 Å². The highest BCUT2D eigenvalue weighted by Crippen LogP contribution is 2.20. The van der Waals surface area contributed by atoms with Crippen molar-refractivity contribution in [1.29, 1.82) is 0 Å². The number of nitrogens with one attached hydrogen (secondary N) is 1. The van der Waals surface area contributed by atoms with Gasteiger partial charge in [0.05, 0.1) is 0 Å². The Balaban J connectivity index is 2.30. The van der Waals surface area contributed by atoms with Gasteiger partial charge in [-0.05, 0) is 48.5 Å². The van der Waals surface area contributed by atoms with Gasteiger partial charge in [0.1, 0.15) is 0 Å². The van der Waals surface area contributed by atoms with Gasteiger partial charge in [0.2, 0.25) is 0 Å². The average Bonchev–Trinajstić information content (AvgIpc) is 2.31. The lowest BCUT2D eigenvalue weighted by Crippen LogP contribution is -2.33. The Morgan fingerprint density at radius 2 is 2.06 bits per heavy atom. The molecule has 2 nitrogen and oxygen atoms in total. The van der Waals surface area contributed by atoms with Crippen LogP contribution in [-0.4, -0.2) is 31.1 Å². The highest BCUT2D eigenvalue weighted by atomic mass is 79.9. The van der Waals surface area contributed by atoms with Gasteiger partial charge in [-0.15, -0.1) is 0 Å². The third-order valence-corrected chi connectivity index (χ3v) is 3.80. The van der Waals surface area contributed by atoms with E-state index in [2.05, 4.69) is 65.2 Å². The molecule has 0 fully saturated rings. The van der Waals surface area contributed by atoms with E-state index in [4.69, 9.17) is 0 Å². The summed E-state index contributed by atoms with van der Waals surface area (Å²) in [6.07, 6.45) is 2.52. The number of para-hydroxylation sites is 1. The molecule has 0 saturated heterocycles. The number of anilines is 1. The second-order valence-electron chi connectivity index (χ2n) is 4.52. The largest absolute Gasteiger partial charge is 0.383 e. The highest BCUT2D eigenvalue weighted by Gasteiger charge is 2.07. The summed E-state index contributed by atoms with van der Waals surface area (Å²) < 4.78 is 1.13. The van der Waals surface area contributed by atoms with Crippen LogP contribution in [0.2, 0.25) is 0 Å². The zero-order chi connectivity index (χ0) is 12.7. The minimum atomic E-state index is 0.668. The molecule has 0 spiro atoms. The Hall–Kier alpha value is -0.540. The van der Waals surface area contributed by atoms with Crippen LogP contribution in [0.3, 0.4) is 0 Å². The van der Waals surface area contributed by atoms with Gasteiger partial charge in [0.25, 0.3) is 0 Å². The van der Waals surface area contributed by atoms with Crippen molar-refractivity contribution in [2.45, 2.75) is 32.7 Å². The van der Waals surface area contributed by atoms with Crippen LogP contribution in [0.5, 0.6) is 0 Å². The fraction of sp³-hybridized carbons (Fsp3) is 0.571. The minimum absolute atomic E-state index is 0.668. The van der Waals surface area contributed by atoms with Gasteiger partial charge in [-0.2, -0.15) is 0 Å². The molecule has 1 unspecified atom stereocenters. The summed E-state index contributed by atoms with van der Waals surface area (Å²) in [6.45, 7) is 6.58.